The van der Waals surface area contributed by atoms with E-state index < -0.39 is 0 Å². The SMILES string of the molecule is Cc1cccc(-c2[nH]ncc2-c2ccc3ncc(C(=O)OCC4CCNCC4)cc3n2)n1. The Hall–Kier alpha value is -3.65. The molecule has 0 bridgehead atoms. The Labute approximate surface area is 185 Å². The summed E-state index contributed by atoms with van der Waals surface area (Å²) in [6.45, 7) is 4.33. The van der Waals surface area contributed by atoms with Crippen molar-refractivity contribution in [2.75, 3.05) is 19.7 Å². The molecule has 1 aliphatic heterocycles. The Bertz CT molecular complexity index is 1260. The van der Waals surface area contributed by atoms with Crippen molar-refractivity contribution in [1.82, 2.24) is 30.5 Å². The van der Waals surface area contributed by atoms with Crippen LogP contribution in [0.25, 0.3) is 33.7 Å². The van der Waals surface area contributed by atoms with Gasteiger partial charge in [0.15, 0.2) is 0 Å². The molecule has 4 aromatic rings. The topological polar surface area (TPSA) is 106 Å². The number of aromatic amines is 1. The normalized spacial score (nSPS) is 14.5. The predicted molar refractivity (Wildman–Crippen MR) is 121 cm³/mol. The number of aryl methyl sites for hydroxylation is 1. The van der Waals surface area contributed by atoms with E-state index in [4.69, 9.17) is 9.72 Å². The van der Waals surface area contributed by atoms with Gasteiger partial charge in [-0.1, -0.05) is 6.07 Å². The molecular formula is C24H24N6O2. The van der Waals surface area contributed by atoms with Crippen LogP contribution in [0.2, 0.25) is 0 Å². The van der Waals surface area contributed by atoms with E-state index in [1.54, 1.807) is 18.5 Å². The van der Waals surface area contributed by atoms with Gasteiger partial charge in [-0.15, -0.1) is 0 Å². The van der Waals surface area contributed by atoms with Gasteiger partial charge in [0.1, 0.15) is 0 Å². The second-order valence-corrected chi connectivity index (χ2v) is 8.07. The first-order chi connectivity index (χ1) is 15.7. The Morgan fingerprint density at radius 2 is 1.94 bits per heavy atom. The number of hydrogen-bond donors (Lipinski definition) is 2. The van der Waals surface area contributed by atoms with Crippen molar-refractivity contribution in [1.29, 1.82) is 0 Å². The van der Waals surface area contributed by atoms with Crippen molar-refractivity contribution in [2.45, 2.75) is 19.8 Å². The number of carbonyl (C=O) groups is 1. The summed E-state index contributed by atoms with van der Waals surface area (Å²) < 4.78 is 5.55. The highest BCUT2D eigenvalue weighted by Crippen LogP contribution is 2.29. The van der Waals surface area contributed by atoms with Gasteiger partial charge in [-0.25, -0.2) is 9.78 Å². The van der Waals surface area contributed by atoms with Crippen LogP contribution in [-0.4, -0.2) is 50.8 Å². The Morgan fingerprint density at radius 1 is 1.06 bits per heavy atom. The fourth-order valence-electron chi connectivity index (χ4n) is 3.95. The van der Waals surface area contributed by atoms with Gasteiger partial charge in [0.25, 0.3) is 0 Å². The molecule has 162 valence electrons. The van der Waals surface area contributed by atoms with Crippen LogP contribution in [-0.2, 0) is 4.74 Å². The van der Waals surface area contributed by atoms with Crippen LogP contribution in [0.5, 0.6) is 0 Å². The van der Waals surface area contributed by atoms with Crippen LogP contribution in [0, 0.1) is 12.8 Å². The van der Waals surface area contributed by atoms with E-state index in [1.807, 2.05) is 37.3 Å². The second kappa shape index (κ2) is 8.84. The molecule has 0 atom stereocenters. The zero-order chi connectivity index (χ0) is 21.9. The Balaban J connectivity index is 1.41. The highest BCUT2D eigenvalue weighted by atomic mass is 16.5. The lowest BCUT2D eigenvalue weighted by molar-refractivity contribution is 0.0415. The molecule has 8 nitrogen and oxygen atoms in total. The summed E-state index contributed by atoms with van der Waals surface area (Å²) in [5.74, 6) is 0.0474. The van der Waals surface area contributed by atoms with E-state index in [2.05, 4.69) is 25.5 Å². The summed E-state index contributed by atoms with van der Waals surface area (Å²) in [7, 11) is 0. The van der Waals surface area contributed by atoms with E-state index in [1.165, 1.54) is 0 Å². The fourth-order valence-corrected chi connectivity index (χ4v) is 3.95. The number of carbonyl (C=O) groups excluding carboxylic acids is 1. The predicted octanol–water partition coefficient (Wildman–Crippen LogP) is 3.55. The van der Waals surface area contributed by atoms with Crippen LogP contribution in [0.3, 0.4) is 0 Å². The molecule has 5 heterocycles. The third-order valence-corrected chi connectivity index (χ3v) is 5.74. The molecule has 0 amide bonds. The van der Waals surface area contributed by atoms with Gasteiger partial charge in [0.05, 0.1) is 46.5 Å². The van der Waals surface area contributed by atoms with E-state index in [0.717, 1.165) is 54.3 Å². The van der Waals surface area contributed by atoms with Crippen molar-refractivity contribution in [2.24, 2.45) is 5.92 Å². The number of ether oxygens (including phenoxy) is 1. The molecule has 0 unspecified atom stereocenters. The van der Waals surface area contributed by atoms with Gasteiger partial charge in [0.2, 0.25) is 0 Å². The minimum Gasteiger partial charge on any atom is -0.462 e. The van der Waals surface area contributed by atoms with Crippen LogP contribution in [0.4, 0.5) is 0 Å². The number of rotatable bonds is 5. The Kier molecular flexibility index (Phi) is 5.60. The number of esters is 1. The van der Waals surface area contributed by atoms with Gasteiger partial charge in [0, 0.05) is 17.5 Å². The molecule has 8 heteroatoms. The minimum absolute atomic E-state index is 0.363. The molecule has 1 saturated heterocycles. The first-order valence-electron chi connectivity index (χ1n) is 10.8. The summed E-state index contributed by atoms with van der Waals surface area (Å²) in [4.78, 5) is 26.3. The van der Waals surface area contributed by atoms with E-state index in [-0.39, 0.29) is 5.97 Å². The molecule has 1 fully saturated rings. The molecule has 2 N–H and O–H groups in total. The lowest BCUT2D eigenvalue weighted by atomic mass is 9.99. The zero-order valence-corrected chi connectivity index (χ0v) is 17.8. The van der Waals surface area contributed by atoms with Crippen LogP contribution in [0.1, 0.15) is 28.9 Å². The number of aromatic nitrogens is 5. The molecule has 0 saturated carbocycles. The minimum atomic E-state index is -0.363. The molecule has 0 spiro atoms. The summed E-state index contributed by atoms with van der Waals surface area (Å²) >= 11 is 0. The van der Waals surface area contributed by atoms with Gasteiger partial charge < -0.3 is 10.1 Å². The number of fused-ring (bicyclic) bond motifs is 1. The van der Waals surface area contributed by atoms with Gasteiger partial charge >= 0.3 is 5.97 Å². The number of nitrogens with zero attached hydrogens (tertiary/aromatic N) is 4. The van der Waals surface area contributed by atoms with Crippen molar-refractivity contribution >= 4 is 17.0 Å². The lowest BCUT2D eigenvalue weighted by Crippen LogP contribution is -2.30. The van der Waals surface area contributed by atoms with Crippen molar-refractivity contribution in [3.8, 4) is 22.6 Å². The summed E-state index contributed by atoms with van der Waals surface area (Å²) in [6, 6.07) is 11.4. The largest absolute Gasteiger partial charge is 0.462 e. The molecule has 0 aromatic carbocycles. The molecule has 32 heavy (non-hydrogen) atoms. The van der Waals surface area contributed by atoms with E-state index in [9.17, 15) is 4.79 Å². The molecule has 5 rings (SSSR count). The number of nitrogens with one attached hydrogen (secondary N) is 2. The summed E-state index contributed by atoms with van der Waals surface area (Å²) in [6.07, 6.45) is 5.33. The van der Waals surface area contributed by atoms with Gasteiger partial charge in [-0.05, 0) is 69.1 Å². The van der Waals surface area contributed by atoms with Crippen LogP contribution < -0.4 is 5.32 Å². The van der Waals surface area contributed by atoms with Crippen molar-refractivity contribution < 1.29 is 9.53 Å². The monoisotopic (exact) mass is 428 g/mol. The quantitative estimate of drug-likeness (QED) is 0.468. The highest BCUT2D eigenvalue weighted by Gasteiger charge is 2.17. The maximum Gasteiger partial charge on any atom is 0.339 e. The van der Waals surface area contributed by atoms with Crippen LogP contribution in [0.15, 0.2) is 48.8 Å². The third-order valence-electron chi connectivity index (χ3n) is 5.74. The zero-order valence-electron chi connectivity index (χ0n) is 17.8. The molecular weight excluding hydrogens is 404 g/mol. The van der Waals surface area contributed by atoms with Gasteiger partial charge in [-0.2, -0.15) is 5.10 Å². The molecule has 1 aliphatic rings. The number of pyridine rings is 3. The number of hydrogen-bond acceptors (Lipinski definition) is 7. The molecule has 0 radical (unpaired) electrons. The number of piperidine rings is 1. The fraction of sp³-hybridized carbons (Fsp3) is 0.292. The third kappa shape index (κ3) is 4.22. The first kappa shape index (κ1) is 20.3. The average Bonchev–Trinajstić information content (AvgIpc) is 3.32. The number of H-pyrrole nitrogens is 1. The average molecular weight is 428 g/mol. The maximum absolute atomic E-state index is 12.6. The van der Waals surface area contributed by atoms with E-state index >= 15 is 0 Å². The maximum atomic E-state index is 12.6. The molecule has 0 aliphatic carbocycles. The second-order valence-electron chi connectivity index (χ2n) is 8.07. The molecule has 4 aromatic heterocycles. The van der Waals surface area contributed by atoms with E-state index in [0.29, 0.717) is 29.1 Å². The van der Waals surface area contributed by atoms with Crippen molar-refractivity contribution in [3.05, 3.63) is 60.0 Å². The van der Waals surface area contributed by atoms with Crippen LogP contribution >= 0.6 is 0 Å². The van der Waals surface area contributed by atoms with Gasteiger partial charge in [-0.3, -0.25) is 15.1 Å². The first-order valence-corrected chi connectivity index (χ1v) is 10.8. The summed E-state index contributed by atoms with van der Waals surface area (Å²) in [5, 5.41) is 10.5. The van der Waals surface area contributed by atoms with Crippen molar-refractivity contribution in [3.63, 3.8) is 0 Å². The highest BCUT2D eigenvalue weighted by molar-refractivity contribution is 5.93. The standard InChI is InChI=1S/C24H24N6O2/c1-15-3-2-4-21(28-15)23-18(13-27-30-23)19-5-6-20-22(29-19)11-17(12-26-20)24(31)32-14-16-7-9-25-10-8-16/h2-6,11-13,16,25H,7-10,14H2,1H3,(H,27,30). The summed E-state index contributed by atoms with van der Waals surface area (Å²) in [5.41, 5.74) is 5.83. The smallest absolute Gasteiger partial charge is 0.339 e. The Morgan fingerprint density at radius 3 is 2.78 bits per heavy atom. The lowest BCUT2D eigenvalue weighted by Gasteiger charge is -2.22.